The third-order valence-corrected chi connectivity index (χ3v) is 2.58. The molecule has 0 spiro atoms. The number of nitrogens with one attached hydrogen (secondary N) is 1. The monoisotopic (exact) mass is 184 g/mol. The van der Waals surface area contributed by atoms with Gasteiger partial charge >= 0.3 is 0 Å². The van der Waals surface area contributed by atoms with E-state index in [1.165, 1.54) is 19.5 Å². The average molecular weight is 184 g/mol. The van der Waals surface area contributed by atoms with Gasteiger partial charge in [0.1, 0.15) is 6.29 Å². The summed E-state index contributed by atoms with van der Waals surface area (Å²) in [6.07, 6.45) is 4.62. The fourth-order valence-corrected chi connectivity index (χ4v) is 1.31. The van der Waals surface area contributed by atoms with Crippen LogP contribution in [0.2, 0.25) is 0 Å². The van der Waals surface area contributed by atoms with Gasteiger partial charge in [-0.1, -0.05) is 0 Å². The third-order valence-electron chi connectivity index (χ3n) is 2.58. The molecule has 1 N–H and O–H groups in total. The number of aldehydes is 1. The van der Waals surface area contributed by atoms with Crippen molar-refractivity contribution in [2.75, 3.05) is 27.2 Å². The standard InChI is InChI=1S/C6H14N2.C4H6O/c1-8(2)6-3-4-7-5-6;5-3-4-1-2-4/h6-7H,3-5H2,1-2H3;3-4H,1-2H2. The Bertz CT molecular complexity index is 149. The molecule has 3 heteroatoms. The van der Waals surface area contributed by atoms with Gasteiger partial charge < -0.3 is 15.0 Å². The summed E-state index contributed by atoms with van der Waals surface area (Å²) in [7, 11) is 4.27. The Balaban J connectivity index is 0.000000145. The van der Waals surface area contributed by atoms with Gasteiger partial charge in [-0.15, -0.1) is 0 Å². The van der Waals surface area contributed by atoms with Crippen LogP contribution in [-0.4, -0.2) is 44.4 Å². The number of nitrogens with zero attached hydrogens (tertiary/aromatic N) is 1. The fourth-order valence-electron chi connectivity index (χ4n) is 1.31. The van der Waals surface area contributed by atoms with E-state index in [2.05, 4.69) is 24.3 Å². The minimum atomic E-state index is 0.454. The van der Waals surface area contributed by atoms with E-state index in [1.54, 1.807) is 0 Å². The first-order valence-corrected chi connectivity index (χ1v) is 5.06. The number of rotatable bonds is 2. The van der Waals surface area contributed by atoms with Crippen LogP contribution in [0.5, 0.6) is 0 Å². The quantitative estimate of drug-likeness (QED) is 0.634. The molecule has 0 radical (unpaired) electrons. The van der Waals surface area contributed by atoms with E-state index >= 15 is 0 Å². The van der Waals surface area contributed by atoms with Crippen LogP contribution in [0.1, 0.15) is 19.3 Å². The molecule has 1 aliphatic carbocycles. The molecule has 2 aliphatic rings. The second-order valence-corrected chi connectivity index (χ2v) is 4.08. The van der Waals surface area contributed by atoms with Gasteiger partial charge in [-0.3, -0.25) is 0 Å². The van der Waals surface area contributed by atoms with Crippen LogP contribution in [0.25, 0.3) is 0 Å². The molecule has 0 amide bonds. The first kappa shape index (κ1) is 10.7. The van der Waals surface area contributed by atoms with E-state index in [1.807, 2.05) is 0 Å². The molecule has 1 atom stereocenters. The summed E-state index contributed by atoms with van der Waals surface area (Å²) in [5.74, 6) is 0.454. The first-order chi connectivity index (χ1) is 6.24. The summed E-state index contributed by atoms with van der Waals surface area (Å²) >= 11 is 0. The number of likely N-dealkylation sites (N-methyl/N-ethyl adjacent to an activating group) is 1. The zero-order valence-corrected chi connectivity index (χ0v) is 8.62. The highest BCUT2D eigenvalue weighted by atomic mass is 16.1. The molecule has 1 aliphatic heterocycles. The van der Waals surface area contributed by atoms with E-state index < -0.39 is 0 Å². The molecule has 1 heterocycles. The lowest BCUT2D eigenvalue weighted by atomic mass is 10.2. The Morgan fingerprint density at radius 2 is 2.00 bits per heavy atom. The lowest BCUT2D eigenvalue weighted by Gasteiger charge is -2.16. The lowest BCUT2D eigenvalue weighted by molar-refractivity contribution is -0.108. The van der Waals surface area contributed by atoms with E-state index in [9.17, 15) is 4.79 Å². The van der Waals surface area contributed by atoms with Gasteiger partial charge in [-0.2, -0.15) is 0 Å². The lowest BCUT2D eigenvalue weighted by Crippen LogP contribution is -2.29. The molecular weight excluding hydrogens is 164 g/mol. The summed E-state index contributed by atoms with van der Waals surface area (Å²) in [4.78, 5) is 11.8. The van der Waals surface area contributed by atoms with Crippen molar-refractivity contribution < 1.29 is 4.79 Å². The molecule has 0 bridgehead atoms. The SMILES string of the molecule is CN(C)C1CCNC1.O=CC1CC1. The van der Waals surface area contributed by atoms with Crippen LogP contribution >= 0.6 is 0 Å². The van der Waals surface area contributed by atoms with Crippen molar-refractivity contribution in [3.63, 3.8) is 0 Å². The molecule has 0 aromatic carbocycles. The molecule has 0 aromatic heterocycles. The van der Waals surface area contributed by atoms with Crippen molar-refractivity contribution >= 4 is 6.29 Å². The van der Waals surface area contributed by atoms with E-state index in [0.717, 1.165) is 25.2 Å². The highest BCUT2D eigenvalue weighted by molar-refractivity contribution is 5.56. The maximum absolute atomic E-state index is 9.57. The van der Waals surface area contributed by atoms with Crippen LogP contribution in [0.15, 0.2) is 0 Å². The van der Waals surface area contributed by atoms with Crippen LogP contribution in [0.3, 0.4) is 0 Å². The molecule has 3 nitrogen and oxygen atoms in total. The minimum Gasteiger partial charge on any atom is -0.315 e. The molecule has 2 fully saturated rings. The number of carbonyl (C=O) groups is 1. The van der Waals surface area contributed by atoms with Crippen molar-refractivity contribution in [1.29, 1.82) is 0 Å². The molecule has 76 valence electrons. The number of carbonyl (C=O) groups excluding carboxylic acids is 1. The maximum atomic E-state index is 9.57. The third kappa shape index (κ3) is 4.39. The molecule has 1 unspecified atom stereocenters. The molecule has 0 aromatic rings. The van der Waals surface area contributed by atoms with Crippen LogP contribution in [0.4, 0.5) is 0 Å². The normalized spacial score (nSPS) is 26.8. The topological polar surface area (TPSA) is 32.3 Å². The van der Waals surface area contributed by atoms with Crippen molar-refractivity contribution in [3.05, 3.63) is 0 Å². The van der Waals surface area contributed by atoms with Gasteiger partial charge in [0.15, 0.2) is 0 Å². The Labute approximate surface area is 80.5 Å². The summed E-state index contributed by atoms with van der Waals surface area (Å²) in [5.41, 5.74) is 0. The Kier molecular flexibility index (Phi) is 4.39. The van der Waals surface area contributed by atoms with Crippen molar-refractivity contribution in [2.24, 2.45) is 5.92 Å². The minimum absolute atomic E-state index is 0.454. The second-order valence-electron chi connectivity index (χ2n) is 4.08. The molecule has 2 rings (SSSR count). The summed E-state index contributed by atoms with van der Waals surface area (Å²) < 4.78 is 0. The zero-order chi connectivity index (χ0) is 9.68. The Morgan fingerprint density at radius 1 is 1.31 bits per heavy atom. The van der Waals surface area contributed by atoms with Gasteiger partial charge in [-0.25, -0.2) is 0 Å². The van der Waals surface area contributed by atoms with Gasteiger partial charge in [0.25, 0.3) is 0 Å². The van der Waals surface area contributed by atoms with E-state index in [-0.39, 0.29) is 0 Å². The van der Waals surface area contributed by atoms with Gasteiger partial charge in [0, 0.05) is 18.5 Å². The van der Waals surface area contributed by atoms with E-state index in [0.29, 0.717) is 5.92 Å². The largest absolute Gasteiger partial charge is 0.315 e. The van der Waals surface area contributed by atoms with Crippen molar-refractivity contribution in [1.82, 2.24) is 10.2 Å². The highest BCUT2D eigenvalue weighted by Gasteiger charge is 2.18. The Morgan fingerprint density at radius 3 is 2.15 bits per heavy atom. The van der Waals surface area contributed by atoms with Crippen LogP contribution < -0.4 is 5.32 Å². The van der Waals surface area contributed by atoms with Crippen LogP contribution in [-0.2, 0) is 4.79 Å². The van der Waals surface area contributed by atoms with E-state index in [4.69, 9.17) is 0 Å². The van der Waals surface area contributed by atoms with Crippen LogP contribution in [0, 0.1) is 5.92 Å². The predicted octanol–water partition coefficient (Wildman–Crippen LogP) is 0.505. The van der Waals surface area contributed by atoms with Gasteiger partial charge in [-0.05, 0) is 39.9 Å². The summed E-state index contributed by atoms with van der Waals surface area (Å²) in [6, 6.07) is 0.787. The smallest absolute Gasteiger partial charge is 0.123 e. The maximum Gasteiger partial charge on any atom is 0.123 e. The highest BCUT2D eigenvalue weighted by Crippen LogP contribution is 2.25. The van der Waals surface area contributed by atoms with Crippen molar-refractivity contribution in [2.45, 2.75) is 25.3 Å². The summed E-state index contributed by atoms with van der Waals surface area (Å²) in [6.45, 7) is 2.37. The number of hydrogen-bond acceptors (Lipinski definition) is 3. The van der Waals surface area contributed by atoms with Gasteiger partial charge in [0.05, 0.1) is 0 Å². The van der Waals surface area contributed by atoms with Gasteiger partial charge in [0.2, 0.25) is 0 Å². The molecular formula is C10H20N2O. The molecule has 1 saturated heterocycles. The molecule has 1 saturated carbocycles. The molecule has 13 heavy (non-hydrogen) atoms. The average Bonchev–Trinajstić information content (AvgIpc) is 2.80. The van der Waals surface area contributed by atoms with Crippen molar-refractivity contribution in [3.8, 4) is 0 Å². The first-order valence-electron chi connectivity index (χ1n) is 5.06. The predicted molar refractivity (Wildman–Crippen MR) is 53.7 cm³/mol. The number of hydrogen-bond donors (Lipinski definition) is 1. The Hall–Kier alpha value is -0.410. The second kappa shape index (κ2) is 5.35. The fraction of sp³-hybridized carbons (Fsp3) is 0.900. The summed E-state index contributed by atoms with van der Waals surface area (Å²) in [5, 5.41) is 3.31. The zero-order valence-electron chi connectivity index (χ0n) is 8.62.